The quantitative estimate of drug-likeness (QED) is 0.606. The van der Waals surface area contributed by atoms with Crippen molar-refractivity contribution in [3.8, 4) is 5.75 Å². The third kappa shape index (κ3) is 4.64. The maximum atomic E-state index is 12.7. The van der Waals surface area contributed by atoms with Gasteiger partial charge in [-0.15, -0.1) is 0 Å². The van der Waals surface area contributed by atoms with Crippen LogP contribution >= 0.6 is 0 Å². The fourth-order valence-electron chi connectivity index (χ4n) is 2.84. The van der Waals surface area contributed by atoms with E-state index >= 15 is 0 Å². The zero-order valence-corrected chi connectivity index (χ0v) is 16.5. The highest BCUT2D eigenvalue weighted by molar-refractivity contribution is 6.10. The molecule has 2 N–H and O–H groups in total. The van der Waals surface area contributed by atoms with Crippen LogP contribution in [0.5, 0.6) is 5.75 Å². The molecule has 0 spiro atoms. The number of nitrogens with one attached hydrogen (secondary N) is 2. The van der Waals surface area contributed by atoms with Gasteiger partial charge in [0.15, 0.2) is 0 Å². The van der Waals surface area contributed by atoms with Gasteiger partial charge in [0.05, 0.1) is 31.0 Å². The second-order valence-electron chi connectivity index (χ2n) is 6.23. The van der Waals surface area contributed by atoms with Gasteiger partial charge in [-0.1, -0.05) is 30.3 Å². The first kappa shape index (κ1) is 20.6. The fourth-order valence-corrected chi connectivity index (χ4v) is 2.84. The Morgan fingerprint density at radius 2 is 1.43 bits per heavy atom. The number of rotatable bonds is 6. The normalized spacial score (nSPS) is 10.1. The molecule has 0 atom stereocenters. The summed E-state index contributed by atoms with van der Waals surface area (Å²) in [5, 5.41) is 5.46. The highest BCUT2D eigenvalue weighted by Crippen LogP contribution is 2.21. The summed E-state index contributed by atoms with van der Waals surface area (Å²) in [6.07, 6.45) is 0. The molecule has 0 saturated heterocycles. The van der Waals surface area contributed by atoms with Crippen LogP contribution in [0.4, 0.5) is 11.4 Å². The smallest absolute Gasteiger partial charge is 0.339 e. The minimum atomic E-state index is -0.552. The summed E-state index contributed by atoms with van der Waals surface area (Å²) in [4.78, 5) is 37.1. The van der Waals surface area contributed by atoms with E-state index in [0.717, 1.165) is 0 Å². The predicted molar refractivity (Wildman–Crippen MR) is 113 cm³/mol. The molecule has 0 aliphatic rings. The summed E-state index contributed by atoms with van der Waals surface area (Å²) < 4.78 is 9.95. The SMILES string of the molecule is COC(=O)c1ccccc1NC(=O)c1cccc(NC(=O)c2ccccc2OC)c1. The summed E-state index contributed by atoms with van der Waals surface area (Å²) in [5.74, 6) is -0.896. The van der Waals surface area contributed by atoms with Gasteiger partial charge in [0.1, 0.15) is 5.75 Å². The van der Waals surface area contributed by atoms with E-state index in [1.54, 1.807) is 72.8 Å². The molecular weight excluding hydrogens is 384 g/mol. The molecule has 3 aromatic rings. The lowest BCUT2D eigenvalue weighted by atomic mass is 10.1. The van der Waals surface area contributed by atoms with Gasteiger partial charge < -0.3 is 20.1 Å². The molecule has 0 fully saturated rings. The summed E-state index contributed by atoms with van der Waals surface area (Å²) in [6, 6.07) is 19.9. The van der Waals surface area contributed by atoms with Crippen molar-refractivity contribution >= 4 is 29.2 Å². The van der Waals surface area contributed by atoms with Crippen molar-refractivity contribution in [2.45, 2.75) is 0 Å². The standard InChI is InChI=1S/C23H20N2O5/c1-29-20-13-6-4-11-18(20)22(27)24-16-9-7-8-15(14-16)21(26)25-19-12-5-3-10-17(19)23(28)30-2/h3-14H,1-2H3,(H,24,27)(H,25,26). The first-order chi connectivity index (χ1) is 14.5. The molecule has 0 aliphatic heterocycles. The van der Waals surface area contributed by atoms with Gasteiger partial charge >= 0.3 is 5.97 Å². The Kier molecular flexibility index (Phi) is 6.44. The summed E-state index contributed by atoms with van der Waals surface area (Å²) in [6.45, 7) is 0. The van der Waals surface area contributed by atoms with Crippen LogP contribution in [-0.4, -0.2) is 32.0 Å². The minimum Gasteiger partial charge on any atom is -0.496 e. The number of amides is 2. The monoisotopic (exact) mass is 404 g/mol. The van der Waals surface area contributed by atoms with Gasteiger partial charge in [0, 0.05) is 11.3 Å². The first-order valence-corrected chi connectivity index (χ1v) is 9.06. The van der Waals surface area contributed by atoms with Crippen LogP contribution in [0.2, 0.25) is 0 Å². The van der Waals surface area contributed by atoms with E-state index in [-0.39, 0.29) is 11.5 Å². The number of ether oxygens (including phenoxy) is 2. The van der Waals surface area contributed by atoms with Gasteiger partial charge in [-0.2, -0.15) is 0 Å². The molecule has 2 amide bonds. The van der Waals surface area contributed by atoms with Crippen molar-refractivity contribution in [2.75, 3.05) is 24.9 Å². The molecule has 0 radical (unpaired) electrons. The van der Waals surface area contributed by atoms with Crippen LogP contribution in [0.15, 0.2) is 72.8 Å². The van der Waals surface area contributed by atoms with Crippen LogP contribution in [0.1, 0.15) is 31.1 Å². The highest BCUT2D eigenvalue weighted by atomic mass is 16.5. The van der Waals surface area contributed by atoms with Crippen molar-refractivity contribution in [3.63, 3.8) is 0 Å². The van der Waals surface area contributed by atoms with E-state index in [1.807, 2.05) is 0 Å². The molecule has 0 heterocycles. The summed E-state index contributed by atoms with van der Waals surface area (Å²) in [7, 11) is 2.76. The molecular formula is C23H20N2O5. The van der Waals surface area contributed by atoms with E-state index in [9.17, 15) is 14.4 Å². The van der Waals surface area contributed by atoms with E-state index < -0.39 is 11.9 Å². The molecule has 152 valence electrons. The summed E-state index contributed by atoms with van der Waals surface area (Å²) >= 11 is 0. The van der Waals surface area contributed by atoms with Crippen LogP contribution < -0.4 is 15.4 Å². The Morgan fingerprint density at radius 3 is 2.17 bits per heavy atom. The topological polar surface area (TPSA) is 93.7 Å². The lowest BCUT2D eigenvalue weighted by molar-refractivity contribution is 0.0601. The molecule has 30 heavy (non-hydrogen) atoms. The molecule has 3 aromatic carbocycles. The average molecular weight is 404 g/mol. The number of carbonyl (C=O) groups excluding carboxylic acids is 3. The van der Waals surface area contributed by atoms with Gasteiger partial charge in [-0.05, 0) is 42.5 Å². The van der Waals surface area contributed by atoms with Crippen LogP contribution in [0.25, 0.3) is 0 Å². The van der Waals surface area contributed by atoms with Gasteiger partial charge in [0.2, 0.25) is 0 Å². The number of anilines is 2. The number of carbonyl (C=O) groups is 3. The third-order valence-electron chi connectivity index (χ3n) is 4.31. The molecule has 3 rings (SSSR count). The molecule has 0 saturated carbocycles. The van der Waals surface area contributed by atoms with Crippen LogP contribution in [0.3, 0.4) is 0 Å². The van der Waals surface area contributed by atoms with E-state index in [4.69, 9.17) is 9.47 Å². The zero-order chi connectivity index (χ0) is 21.5. The number of esters is 1. The summed E-state index contributed by atoms with van der Waals surface area (Å²) in [5.41, 5.74) is 1.71. The van der Waals surface area contributed by atoms with Crippen LogP contribution in [-0.2, 0) is 4.74 Å². The lowest BCUT2D eigenvalue weighted by Gasteiger charge is -2.11. The Labute approximate surface area is 173 Å². The number of para-hydroxylation sites is 2. The Balaban J connectivity index is 1.78. The molecule has 0 aromatic heterocycles. The lowest BCUT2D eigenvalue weighted by Crippen LogP contribution is -2.16. The van der Waals surface area contributed by atoms with Crippen molar-refractivity contribution < 1.29 is 23.9 Å². The van der Waals surface area contributed by atoms with E-state index in [1.165, 1.54) is 14.2 Å². The minimum absolute atomic E-state index is 0.244. The Bertz CT molecular complexity index is 1090. The number of methoxy groups -OCH3 is 2. The molecule has 0 bridgehead atoms. The highest BCUT2D eigenvalue weighted by Gasteiger charge is 2.16. The second-order valence-corrected chi connectivity index (χ2v) is 6.23. The number of hydrogen-bond acceptors (Lipinski definition) is 5. The van der Waals surface area contributed by atoms with Crippen LogP contribution in [0, 0.1) is 0 Å². The third-order valence-corrected chi connectivity index (χ3v) is 4.31. The predicted octanol–water partition coefficient (Wildman–Crippen LogP) is 3.99. The maximum absolute atomic E-state index is 12.7. The second kappa shape index (κ2) is 9.38. The Hall–Kier alpha value is -4.13. The maximum Gasteiger partial charge on any atom is 0.339 e. The average Bonchev–Trinajstić information content (AvgIpc) is 2.79. The first-order valence-electron chi connectivity index (χ1n) is 9.06. The molecule has 7 heteroatoms. The van der Waals surface area contributed by atoms with Crippen molar-refractivity contribution in [2.24, 2.45) is 0 Å². The fraction of sp³-hybridized carbons (Fsp3) is 0.0870. The van der Waals surface area contributed by atoms with Crippen molar-refractivity contribution in [1.82, 2.24) is 0 Å². The van der Waals surface area contributed by atoms with Gasteiger partial charge in [-0.3, -0.25) is 9.59 Å². The van der Waals surface area contributed by atoms with Crippen molar-refractivity contribution in [1.29, 1.82) is 0 Å². The molecule has 0 aliphatic carbocycles. The van der Waals surface area contributed by atoms with Gasteiger partial charge in [-0.25, -0.2) is 4.79 Å². The van der Waals surface area contributed by atoms with Gasteiger partial charge in [0.25, 0.3) is 11.8 Å². The van der Waals surface area contributed by atoms with E-state index in [0.29, 0.717) is 28.3 Å². The van der Waals surface area contributed by atoms with Crippen molar-refractivity contribution in [3.05, 3.63) is 89.5 Å². The largest absolute Gasteiger partial charge is 0.496 e. The Morgan fingerprint density at radius 1 is 0.733 bits per heavy atom. The number of hydrogen-bond donors (Lipinski definition) is 2. The zero-order valence-electron chi connectivity index (χ0n) is 16.5. The molecule has 7 nitrogen and oxygen atoms in total. The van der Waals surface area contributed by atoms with E-state index in [2.05, 4.69) is 10.6 Å². The molecule has 0 unspecified atom stereocenters. The number of benzene rings is 3.